The largest absolute Gasteiger partial charge is 0.288 e. The number of fused-ring (bicyclic) bond motifs is 1. The molecule has 0 aliphatic heterocycles. The first-order chi connectivity index (χ1) is 8.44. The average molecular weight is 284 g/mol. The van der Waals surface area contributed by atoms with Gasteiger partial charge in [-0.05, 0) is 13.0 Å². The molecule has 0 bridgehead atoms. The molecular formula is C12H10ClNO3S. The van der Waals surface area contributed by atoms with Gasteiger partial charge in [0.05, 0.1) is 16.5 Å². The highest BCUT2D eigenvalue weighted by molar-refractivity contribution is 7.90. The van der Waals surface area contributed by atoms with Crippen molar-refractivity contribution in [2.75, 3.05) is 5.75 Å². The van der Waals surface area contributed by atoms with Crippen molar-refractivity contribution in [1.82, 2.24) is 0 Å². The summed E-state index contributed by atoms with van der Waals surface area (Å²) in [6, 6.07) is 6.66. The highest BCUT2D eigenvalue weighted by Crippen LogP contribution is 2.24. The van der Waals surface area contributed by atoms with E-state index >= 15 is 0 Å². The fraction of sp³-hybridized carbons (Fsp3) is 0.167. The van der Waals surface area contributed by atoms with Crippen molar-refractivity contribution in [3.8, 4) is 0 Å². The number of Topliss-reactive ketones (excluding diaryl/α,β-unsaturated/α-hetero) is 1. The number of nitrogens with zero attached hydrogens (tertiary/aromatic N) is 1. The van der Waals surface area contributed by atoms with Gasteiger partial charge in [0.25, 0.3) is 10.0 Å². The number of hydrogen-bond donors (Lipinski definition) is 0. The third-order valence-electron chi connectivity index (χ3n) is 2.53. The standard InChI is InChI=1S/C12H10ClNO3S/c1-2-18(16,17)14-11-7-10(13)12(15)9-6-4-3-5-8(9)11/h3-7H,2H2,1H3. The second-order valence-electron chi connectivity index (χ2n) is 3.71. The molecule has 18 heavy (non-hydrogen) atoms. The van der Waals surface area contributed by atoms with Crippen molar-refractivity contribution < 1.29 is 13.2 Å². The van der Waals surface area contributed by atoms with E-state index in [4.69, 9.17) is 11.6 Å². The van der Waals surface area contributed by atoms with Crippen LogP contribution in [0.5, 0.6) is 0 Å². The Bertz CT molecular complexity index is 674. The molecule has 1 aromatic rings. The Balaban J connectivity index is 2.67. The Hall–Kier alpha value is -1.46. The van der Waals surface area contributed by atoms with Gasteiger partial charge in [0.1, 0.15) is 0 Å². The maximum atomic E-state index is 11.8. The molecule has 94 valence electrons. The van der Waals surface area contributed by atoms with Crippen LogP contribution < -0.4 is 0 Å². The minimum atomic E-state index is -3.53. The molecule has 0 saturated heterocycles. The minimum absolute atomic E-state index is 0.0289. The SMILES string of the molecule is CCS(=O)(=O)N=C1C=C(Cl)C(=O)c2ccccc21. The molecular weight excluding hydrogens is 274 g/mol. The fourth-order valence-electron chi connectivity index (χ4n) is 1.59. The number of benzene rings is 1. The van der Waals surface area contributed by atoms with Crippen molar-refractivity contribution in [3.63, 3.8) is 0 Å². The van der Waals surface area contributed by atoms with Crippen LogP contribution in [0, 0.1) is 0 Å². The highest BCUT2D eigenvalue weighted by Gasteiger charge is 2.23. The molecule has 0 saturated carbocycles. The van der Waals surface area contributed by atoms with Crippen molar-refractivity contribution in [2.24, 2.45) is 4.40 Å². The maximum Gasteiger partial charge on any atom is 0.253 e. The summed E-state index contributed by atoms with van der Waals surface area (Å²) in [5.41, 5.74) is 1.07. The number of sulfonamides is 1. The van der Waals surface area contributed by atoms with Gasteiger partial charge >= 0.3 is 0 Å². The Morgan fingerprint density at radius 1 is 1.22 bits per heavy atom. The van der Waals surface area contributed by atoms with E-state index in [2.05, 4.69) is 4.40 Å². The highest BCUT2D eigenvalue weighted by atomic mass is 35.5. The van der Waals surface area contributed by atoms with Crippen molar-refractivity contribution in [1.29, 1.82) is 0 Å². The smallest absolute Gasteiger partial charge is 0.253 e. The molecule has 1 aliphatic rings. The van der Waals surface area contributed by atoms with E-state index in [1.54, 1.807) is 24.3 Å². The van der Waals surface area contributed by atoms with Crippen LogP contribution >= 0.6 is 11.6 Å². The molecule has 0 atom stereocenters. The lowest BCUT2D eigenvalue weighted by atomic mass is 9.94. The number of rotatable bonds is 2. The summed E-state index contributed by atoms with van der Waals surface area (Å²) < 4.78 is 26.7. The van der Waals surface area contributed by atoms with Gasteiger partial charge in [-0.2, -0.15) is 4.40 Å². The van der Waals surface area contributed by atoms with Crippen molar-refractivity contribution >= 4 is 33.1 Å². The van der Waals surface area contributed by atoms with Gasteiger partial charge < -0.3 is 0 Å². The fourth-order valence-corrected chi connectivity index (χ4v) is 2.37. The van der Waals surface area contributed by atoms with Crippen LogP contribution in [-0.2, 0) is 10.0 Å². The molecule has 0 heterocycles. The van der Waals surface area contributed by atoms with E-state index < -0.39 is 10.0 Å². The number of halogens is 1. The van der Waals surface area contributed by atoms with E-state index in [9.17, 15) is 13.2 Å². The molecule has 0 N–H and O–H groups in total. The number of hydrogen-bond acceptors (Lipinski definition) is 3. The summed E-state index contributed by atoms with van der Waals surface area (Å²) in [5.74, 6) is -0.418. The van der Waals surface area contributed by atoms with Crippen LogP contribution in [0.1, 0.15) is 22.8 Å². The normalized spacial score (nSPS) is 17.6. The predicted octanol–water partition coefficient (Wildman–Crippen LogP) is 2.14. The lowest BCUT2D eigenvalue weighted by Crippen LogP contribution is -2.16. The molecule has 0 fully saturated rings. The van der Waals surface area contributed by atoms with Crippen molar-refractivity contribution in [3.05, 3.63) is 46.5 Å². The average Bonchev–Trinajstić information content (AvgIpc) is 2.35. The van der Waals surface area contributed by atoms with E-state index in [1.165, 1.54) is 13.0 Å². The summed E-state index contributed by atoms with van der Waals surface area (Å²) in [6.45, 7) is 1.50. The van der Waals surface area contributed by atoms with Gasteiger partial charge in [0, 0.05) is 11.1 Å². The molecule has 1 aromatic carbocycles. The molecule has 2 rings (SSSR count). The second-order valence-corrected chi connectivity index (χ2v) is 6.05. The molecule has 4 nitrogen and oxygen atoms in total. The lowest BCUT2D eigenvalue weighted by Gasteiger charge is -2.13. The molecule has 0 amide bonds. The summed E-state index contributed by atoms with van der Waals surface area (Å²) in [7, 11) is -3.53. The van der Waals surface area contributed by atoms with Crippen LogP contribution in [0.3, 0.4) is 0 Å². The van der Waals surface area contributed by atoms with Gasteiger partial charge in [0.15, 0.2) is 0 Å². The quantitative estimate of drug-likeness (QED) is 0.835. The van der Waals surface area contributed by atoms with Gasteiger partial charge in [-0.1, -0.05) is 35.9 Å². The van der Waals surface area contributed by atoms with Crippen LogP contribution in [0.25, 0.3) is 0 Å². The van der Waals surface area contributed by atoms with Gasteiger partial charge in [-0.3, -0.25) is 4.79 Å². The second kappa shape index (κ2) is 4.66. The minimum Gasteiger partial charge on any atom is -0.288 e. The molecule has 0 aromatic heterocycles. The number of ketones is 1. The monoisotopic (exact) mass is 283 g/mol. The third kappa shape index (κ3) is 2.37. The maximum absolute atomic E-state index is 11.8. The molecule has 1 aliphatic carbocycles. The predicted molar refractivity (Wildman–Crippen MR) is 70.7 cm³/mol. The van der Waals surface area contributed by atoms with Crippen LogP contribution in [0.15, 0.2) is 39.8 Å². The Morgan fingerprint density at radius 2 is 1.83 bits per heavy atom. The molecule has 0 unspecified atom stereocenters. The van der Waals surface area contributed by atoms with E-state index in [0.29, 0.717) is 11.1 Å². The summed E-state index contributed by atoms with van der Waals surface area (Å²) >= 11 is 5.80. The summed E-state index contributed by atoms with van der Waals surface area (Å²) in [6.07, 6.45) is 1.29. The van der Waals surface area contributed by atoms with Gasteiger partial charge in [0.2, 0.25) is 5.78 Å². The van der Waals surface area contributed by atoms with Gasteiger partial charge in [-0.25, -0.2) is 8.42 Å². The van der Waals surface area contributed by atoms with Crippen molar-refractivity contribution in [2.45, 2.75) is 6.92 Å². The van der Waals surface area contributed by atoms with Crippen LogP contribution in [-0.4, -0.2) is 25.7 Å². The number of carbonyl (C=O) groups is 1. The Morgan fingerprint density at radius 3 is 2.44 bits per heavy atom. The Kier molecular flexibility index (Phi) is 3.36. The van der Waals surface area contributed by atoms with E-state index in [-0.39, 0.29) is 22.3 Å². The topological polar surface area (TPSA) is 63.6 Å². The first-order valence-electron chi connectivity index (χ1n) is 5.28. The molecule has 6 heteroatoms. The van der Waals surface area contributed by atoms with E-state index in [1.807, 2.05) is 0 Å². The first-order valence-corrected chi connectivity index (χ1v) is 7.27. The zero-order valence-corrected chi connectivity index (χ0v) is 11.1. The molecule has 0 spiro atoms. The van der Waals surface area contributed by atoms with Gasteiger partial charge in [-0.15, -0.1) is 0 Å². The van der Waals surface area contributed by atoms with E-state index in [0.717, 1.165) is 0 Å². The van der Waals surface area contributed by atoms with Crippen LogP contribution in [0.2, 0.25) is 0 Å². The number of carbonyl (C=O) groups excluding carboxylic acids is 1. The molecule has 0 radical (unpaired) electrons. The summed E-state index contributed by atoms with van der Waals surface area (Å²) in [4.78, 5) is 11.8. The number of allylic oxidation sites excluding steroid dienone is 2. The Labute approximate surface area is 110 Å². The first kappa shape index (κ1) is 13.0. The zero-order chi connectivity index (χ0) is 13.3. The lowest BCUT2D eigenvalue weighted by molar-refractivity contribution is 0.104. The third-order valence-corrected chi connectivity index (χ3v) is 4.02. The zero-order valence-electron chi connectivity index (χ0n) is 9.55. The summed E-state index contributed by atoms with van der Waals surface area (Å²) in [5, 5.41) is -0.0289. The van der Waals surface area contributed by atoms with Crippen LogP contribution in [0.4, 0.5) is 0 Å².